The standard InChI is InChI=1S/C19H18N2O3S/c1-11-5-6-12-14(22)10-16(24-15(12)9-11)19(23)20-8-7-18-21-13-3-2-4-17(13)25-18/h5-6,9-10H,2-4,7-8H2,1H3,(H,20,23). The Bertz CT molecular complexity index is 998. The molecule has 0 radical (unpaired) electrons. The van der Waals surface area contributed by atoms with Crippen LogP contribution in [0.15, 0.2) is 33.5 Å². The van der Waals surface area contributed by atoms with Gasteiger partial charge in [-0.05, 0) is 43.9 Å². The number of fused-ring (bicyclic) bond motifs is 2. The summed E-state index contributed by atoms with van der Waals surface area (Å²) in [6.07, 6.45) is 4.09. The van der Waals surface area contributed by atoms with Crippen LogP contribution in [0.2, 0.25) is 0 Å². The topological polar surface area (TPSA) is 72.2 Å². The first-order chi connectivity index (χ1) is 12.1. The van der Waals surface area contributed by atoms with Crippen molar-refractivity contribution in [1.29, 1.82) is 0 Å². The summed E-state index contributed by atoms with van der Waals surface area (Å²) in [4.78, 5) is 30.4. The van der Waals surface area contributed by atoms with Crippen LogP contribution in [0.5, 0.6) is 0 Å². The molecule has 0 fully saturated rings. The van der Waals surface area contributed by atoms with Gasteiger partial charge in [-0.2, -0.15) is 0 Å². The fourth-order valence-electron chi connectivity index (χ4n) is 3.10. The predicted octanol–water partition coefficient (Wildman–Crippen LogP) is 3.02. The van der Waals surface area contributed by atoms with E-state index in [1.165, 1.54) is 23.1 Å². The van der Waals surface area contributed by atoms with Crippen molar-refractivity contribution < 1.29 is 9.21 Å². The Morgan fingerprint density at radius 1 is 1.32 bits per heavy atom. The zero-order valence-electron chi connectivity index (χ0n) is 13.9. The van der Waals surface area contributed by atoms with Crippen LogP contribution in [-0.2, 0) is 19.3 Å². The zero-order valence-corrected chi connectivity index (χ0v) is 14.7. The van der Waals surface area contributed by atoms with Crippen molar-refractivity contribution in [2.24, 2.45) is 0 Å². The highest BCUT2D eigenvalue weighted by Gasteiger charge is 2.17. The number of hydrogen-bond donors (Lipinski definition) is 1. The van der Waals surface area contributed by atoms with Gasteiger partial charge in [0.2, 0.25) is 0 Å². The van der Waals surface area contributed by atoms with Crippen LogP contribution in [0.25, 0.3) is 11.0 Å². The monoisotopic (exact) mass is 354 g/mol. The van der Waals surface area contributed by atoms with E-state index in [9.17, 15) is 9.59 Å². The van der Waals surface area contributed by atoms with E-state index >= 15 is 0 Å². The van der Waals surface area contributed by atoms with Gasteiger partial charge < -0.3 is 9.73 Å². The van der Waals surface area contributed by atoms with E-state index in [4.69, 9.17) is 4.42 Å². The van der Waals surface area contributed by atoms with Crippen LogP contribution in [0.1, 0.15) is 38.1 Å². The van der Waals surface area contributed by atoms with Gasteiger partial charge in [0.1, 0.15) is 5.58 Å². The Morgan fingerprint density at radius 2 is 2.20 bits per heavy atom. The first kappa shape index (κ1) is 16.0. The lowest BCUT2D eigenvalue weighted by Crippen LogP contribution is -2.26. The summed E-state index contributed by atoms with van der Waals surface area (Å²) < 4.78 is 5.61. The van der Waals surface area contributed by atoms with Crippen LogP contribution in [0.4, 0.5) is 0 Å². The third kappa shape index (κ3) is 3.22. The fourth-order valence-corrected chi connectivity index (χ4v) is 4.25. The Labute approximate surface area is 148 Å². The lowest BCUT2D eigenvalue weighted by atomic mass is 10.1. The Kier molecular flexibility index (Phi) is 4.13. The Morgan fingerprint density at radius 3 is 3.04 bits per heavy atom. The largest absolute Gasteiger partial charge is 0.451 e. The van der Waals surface area contributed by atoms with Gasteiger partial charge in [-0.3, -0.25) is 9.59 Å². The molecule has 0 atom stereocenters. The first-order valence-corrected chi connectivity index (χ1v) is 9.22. The van der Waals surface area contributed by atoms with E-state index in [-0.39, 0.29) is 17.1 Å². The second kappa shape index (κ2) is 6.44. The molecule has 128 valence electrons. The first-order valence-electron chi connectivity index (χ1n) is 8.40. The minimum Gasteiger partial charge on any atom is -0.451 e. The minimum absolute atomic E-state index is 0.0460. The number of nitrogens with zero attached hydrogens (tertiary/aromatic N) is 1. The number of amides is 1. The molecule has 0 aliphatic heterocycles. The van der Waals surface area contributed by atoms with Crippen LogP contribution in [0, 0.1) is 6.92 Å². The SMILES string of the molecule is Cc1ccc2c(=O)cc(C(=O)NCCc3nc4c(s3)CCC4)oc2c1. The molecule has 2 aromatic heterocycles. The van der Waals surface area contributed by atoms with Crippen molar-refractivity contribution in [1.82, 2.24) is 10.3 Å². The molecule has 1 amide bonds. The van der Waals surface area contributed by atoms with Gasteiger partial charge in [-0.15, -0.1) is 11.3 Å². The number of hydrogen-bond acceptors (Lipinski definition) is 5. The van der Waals surface area contributed by atoms with Crippen molar-refractivity contribution in [3.63, 3.8) is 0 Å². The van der Waals surface area contributed by atoms with Crippen molar-refractivity contribution >= 4 is 28.2 Å². The van der Waals surface area contributed by atoms with Gasteiger partial charge in [-0.25, -0.2) is 4.98 Å². The molecule has 2 heterocycles. The predicted molar refractivity (Wildman–Crippen MR) is 97.4 cm³/mol. The molecule has 4 rings (SSSR count). The van der Waals surface area contributed by atoms with Crippen molar-refractivity contribution in [3.05, 3.63) is 61.4 Å². The van der Waals surface area contributed by atoms with Gasteiger partial charge in [-0.1, -0.05) is 6.07 Å². The molecular weight excluding hydrogens is 336 g/mol. The average Bonchev–Trinajstić information content (AvgIpc) is 3.15. The minimum atomic E-state index is -0.371. The second-order valence-electron chi connectivity index (χ2n) is 6.31. The molecular formula is C19H18N2O3S. The quantitative estimate of drug-likeness (QED) is 0.782. The van der Waals surface area contributed by atoms with Gasteiger partial charge >= 0.3 is 0 Å². The van der Waals surface area contributed by atoms with Crippen LogP contribution < -0.4 is 10.7 Å². The Hall–Kier alpha value is -2.47. The van der Waals surface area contributed by atoms with E-state index in [0.717, 1.165) is 23.4 Å². The third-order valence-corrected chi connectivity index (χ3v) is 5.59. The summed E-state index contributed by atoms with van der Waals surface area (Å²) in [6, 6.07) is 6.60. The number of aromatic nitrogens is 1. The molecule has 1 aliphatic carbocycles. The van der Waals surface area contributed by atoms with Gasteiger partial charge in [0.25, 0.3) is 5.91 Å². The van der Waals surface area contributed by atoms with E-state index in [2.05, 4.69) is 10.3 Å². The van der Waals surface area contributed by atoms with Crippen molar-refractivity contribution in [2.75, 3.05) is 6.54 Å². The van der Waals surface area contributed by atoms with E-state index in [0.29, 0.717) is 23.9 Å². The van der Waals surface area contributed by atoms with E-state index < -0.39 is 0 Å². The Balaban J connectivity index is 1.45. The maximum absolute atomic E-state index is 12.3. The van der Waals surface area contributed by atoms with E-state index in [1.54, 1.807) is 23.5 Å². The molecule has 0 unspecified atom stereocenters. The number of thiazole rings is 1. The summed E-state index contributed by atoms with van der Waals surface area (Å²) in [7, 11) is 0. The van der Waals surface area contributed by atoms with Crippen LogP contribution >= 0.6 is 11.3 Å². The summed E-state index contributed by atoms with van der Waals surface area (Å²) >= 11 is 1.74. The average molecular weight is 354 g/mol. The lowest BCUT2D eigenvalue weighted by molar-refractivity contribution is 0.0927. The third-order valence-electron chi connectivity index (χ3n) is 4.37. The normalized spacial score (nSPS) is 13.2. The molecule has 0 saturated carbocycles. The molecule has 0 spiro atoms. The summed E-state index contributed by atoms with van der Waals surface area (Å²) in [5.41, 5.74) is 2.43. The van der Waals surface area contributed by atoms with Gasteiger partial charge in [0.15, 0.2) is 11.2 Å². The summed E-state index contributed by atoms with van der Waals surface area (Å²) in [6.45, 7) is 2.39. The maximum atomic E-state index is 12.3. The van der Waals surface area contributed by atoms with Gasteiger partial charge in [0.05, 0.1) is 16.1 Å². The molecule has 6 heteroatoms. The highest BCUT2D eigenvalue weighted by atomic mass is 32.1. The van der Waals surface area contributed by atoms with Crippen LogP contribution in [0.3, 0.4) is 0 Å². The smallest absolute Gasteiger partial charge is 0.287 e. The highest BCUT2D eigenvalue weighted by Crippen LogP contribution is 2.27. The number of benzene rings is 1. The molecule has 1 aromatic carbocycles. The molecule has 3 aromatic rings. The molecule has 0 saturated heterocycles. The molecule has 5 nitrogen and oxygen atoms in total. The summed E-state index contributed by atoms with van der Waals surface area (Å²) in [5.74, 6) is -0.325. The molecule has 0 bridgehead atoms. The molecule has 1 N–H and O–H groups in total. The van der Waals surface area contributed by atoms with Crippen LogP contribution in [-0.4, -0.2) is 17.4 Å². The number of nitrogens with one attached hydrogen (secondary N) is 1. The number of carbonyl (C=O) groups excluding carboxylic acids is 1. The molecule has 25 heavy (non-hydrogen) atoms. The molecule has 1 aliphatic rings. The number of aryl methyl sites for hydroxylation is 3. The van der Waals surface area contributed by atoms with E-state index in [1.807, 2.05) is 13.0 Å². The second-order valence-corrected chi connectivity index (χ2v) is 7.48. The maximum Gasteiger partial charge on any atom is 0.287 e. The fraction of sp³-hybridized carbons (Fsp3) is 0.316. The van der Waals surface area contributed by atoms with Gasteiger partial charge in [0, 0.05) is 23.9 Å². The van der Waals surface area contributed by atoms with Crippen molar-refractivity contribution in [3.8, 4) is 0 Å². The highest BCUT2D eigenvalue weighted by molar-refractivity contribution is 7.11. The zero-order chi connectivity index (χ0) is 17.4. The number of carbonyl (C=O) groups is 1. The van der Waals surface area contributed by atoms with Crippen molar-refractivity contribution in [2.45, 2.75) is 32.6 Å². The number of rotatable bonds is 4. The lowest BCUT2D eigenvalue weighted by Gasteiger charge is -2.05. The summed E-state index contributed by atoms with van der Waals surface area (Å²) in [5, 5.41) is 4.36.